The number of benzene rings is 2. The van der Waals surface area contributed by atoms with Crippen LogP contribution in [-0.4, -0.2) is 56.6 Å². The molecule has 156 valence electrons. The SMILES string of the molecule is O=c1cc(-c2ccc(O)cc2)oc2cc3c(c(O)c12)C1O[C@H](CO)[C@@H](O)[C@H](O)C1O3. The Hall–Kier alpha value is -3.11. The van der Waals surface area contributed by atoms with Gasteiger partial charge in [0.25, 0.3) is 0 Å². The molecule has 2 aliphatic heterocycles. The summed E-state index contributed by atoms with van der Waals surface area (Å²) in [6.45, 7) is -0.538. The van der Waals surface area contributed by atoms with Crippen LogP contribution in [0.25, 0.3) is 22.3 Å². The molecule has 1 aromatic heterocycles. The van der Waals surface area contributed by atoms with Gasteiger partial charge in [-0.05, 0) is 24.3 Å². The van der Waals surface area contributed by atoms with Crippen LogP contribution in [0, 0.1) is 0 Å². The van der Waals surface area contributed by atoms with Gasteiger partial charge in [-0.15, -0.1) is 0 Å². The molecule has 2 aromatic carbocycles. The molecule has 5 rings (SSSR count). The van der Waals surface area contributed by atoms with Gasteiger partial charge >= 0.3 is 0 Å². The van der Waals surface area contributed by atoms with Crippen LogP contribution in [0.2, 0.25) is 0 Å². The summed E-state index contributed by atoms with van der Waals surface area (Å²) in [6, 6.07) is 8.72. The number of rotatable bonds is 2. The van der Waals surface area contributed by atoms with E-state index in [0.717, 1.165) is 0 Å². The third-order valence-corrected chi connectivity index (χ3v) is 5.56. The van der Waals surface area contributed by atoms with Crippen LogP contribution < -0.4 is 10.2 Å². The molecule has 2 unspecified atom stereocenters. The lowest BCUT2D eigenvalue weighted by Crippen LogP contribution is -2.55. The predicted octanol–water partition coefficient (Wildman–Crippen LogP) is 0.786. The molecule has 1 saturated heterocycles. The molecule has 5 atom stereocenters. The highest BCUT2D eigenvalue weighted by Crippen LogP contribution is 2.50. The number of phenols is 2. The Morgan fingerprint density at radius 3 is 2.43 bits per heavy atom. The van der Waals surface area contributed by atoms with Gasteiger partial charge in [0.05, 0.1) is 12.2 Å². The topological polar surface area (TPSA) is 150 Å². The van der Waals surface area contributed by atoms with Gasteiger partial charge < -0.3 is 39.4 Å². The van der Waals surface area contributed by atoms with Gasteiger partial charge in [-0.3, -0.25) is 4.79 Å². The molecule has 1 fully saturated rings. The summed E-state index contributed by atoms with van der Waals surface area (Å²) in [5, 5.41) is 50.1. The summed E-state index contributed by atoms with van der Waals surface area (Å²) in [7, 11) is 0. The van der Waals surface area contributed by atoms with Gasteiger partial charge in [0.2, 0.25) is 0 Å². The first-order valence-electron chi connectivity index (χ1n) is 9.31. The molecular formula is C21H18O9. The Bertz CT molecular complexity index is 1180. The molecule has 0 spiro atoms. The summed E-state index contributed by atoms with van der Waals surface area (Å²) < 4.78 is 17.1. The number of aliphatic hydroxyl groups is 3. The lowest BCUT2D eigenvalue weighted by Gasteiger charge is -2.38. The Morgan fingerprint density at radius 1 is 1.00 bits per heavy atom. The second-order valence-electron chi connectivity index (χ2n) is 7.37. The van der Waals surface area contributed by atoms with Gasteiger partial charge in [-0.25, -0.2) is 0 Å². The van der Waals surface area contributed by atoms with E-state index in [1.807, 2.05) is 0 Å². The predicted molar refractivity (Wildman–Crippen MR) is 102 cm³/mol. The van der Waals surface area contributed by atoms with E-state index < -0.39 is 48.3 Å². The molecule has 3 heterocycles. The van der Waals surface area contributed by atoms with Crippen LogP contribution in [0.4, 0.5) is 0 Å². The second-order valence-corrected chi connectivity index (χ2v) is 7.37. The normalized spacial score (nSPS) is 27.5. The van der Waals surface area contributed by atoms with E-state index in [1.165, 1.54) is 24.3 Å². The summed E-state index contributed by atoms with van der Waals surface area (Å²) >= 11 is 0. The summed E-state index contributed by atoms with van der Waals surface area (Å²) in [6.07, 6.45) is -5.81. The van der Waals surface area contributed by atoms with Crippen molar-refractivity contribution in [2.24, 2.45) is 0 Å². The van der Waals surface area contributed by atoms with Crippen LogP contribution >= 0.6 is 0 Å². The van der Waals surface area contributed by atoms with E-state index in [1.54, 1.807) is 12.1 Å². The molecule has 9 nitrogen and oxygen atoms in total. The van der Waals surface area contributed by atoms with Gasteiger partial charge in [0.1, 0.15) is 58.4 Å². The second kappa shape index (κ2) is 6.71. The molecule has 0 amide bonds. The molecule has 0 aliphatic carbocycles. The van der Waals surface area contributed by atoms with Crippen molar-refractivity contribution in [3.63, 3.8) is 0 Å². The maximum atomic E-state index is 12.8. The monoisotopic (exact) mass is 414 g/mol. The van der Waals surface area contributed by atoms with E-state index in [9.17, 15) is 30.3 Å². The smallest absolute Gasteiger partial charge is 0.197 e. The van der Waals surface area contributed by atoms with Crippen molar-refractivity contribution in [2.75, 3.05) is 6.61 Å². The van der Waals surface area contributed by atoms with Crippen molar-refractivity contribution in [1.29, 1.82) is 0 Å². The summed E-state index contributed by atoms with van der Waals surface area (Å²) in [5.41, 5.74) is 0.267. The minimum Gasteiger partial charge on any atom is -0.508 e. The van der Waals surface area contributed by atoms with Crippen molar-refractivity contribution < 1.29 is 39.4 Å². The molecule has 30 heavy (non-hydrogen) atoms. The Labute approximate surface area is 169 Å². The number of ether oxygens (including phenoxy) is 2. The summed E-state index contributed by atoms with van der Waals surface area (Å²) in [5.74, 6) is 0.0386. The van der Waals surface area contributed by atoms with E-state index in [2.05, 4.69) is 0 Å². The fourth-order valence-corrected chi connectivity index (χ4v) is 4.04. The average Bonchev–Trinajstić information content (AvgIpc) is 3.09. The van der Waals surface area contributed by atoms with Crippen molar-refractivity contribution in [3.8, 4) is 28.6 Å². The van der Waals surface area contributed by atoms with Gasteiger partial charge in [0, 0.05) is 17.7 Å². The first-order valence-corrected chi connectivity index (χ1v) is 9.31. The molecule has 0 saturated carbocycles. The summed E-state index contributed by atoms with van der Waals surface area (Å²) in [4.78, 5) is 12.8. The van der Waals surface area contributed by atoms with Gasteiger partial charge in [-0.1, -0.05) is 0 Å². The first kappa shape index (κ1) is 18.9. The molecule has 3 aromatic rings. The number of aliphatic hydroxyl groups excluding tert-OH is 3. The van der Waals surface area contributed by atoms with Crippen molar-refractivity contribution in [1.82, 2.24) is 0 Å². The highest BCUT2D eigenvalue weighted by Gasteiger charge is 2.52. The lowest BCUT2D eigenvalue weighted by molar-refractivity contribution is -0.215. The highest BCUT2D eigenvalue weighted by atomic mass is 16.6. The molecule has 0 radical (unpaired) electrons. The number of fused-ring (bicyclic) bond motifs is 4. The molecule has 5 N–H and O–H groups in total. The lowest BCUT2D eigenvalue weighted by atomic mass is 9.92. The quantitative estimate of drug-likeness (QED) is 0.410. The Balaban J connectivity index is 1.65. The van der Waals surface area contributed by atoms with Crippen molar-refractivity contribution >= 4 is 11.0 Å². The standard InChI is InChI=1S/C21H18O9/c22-7-14-17(25)19(27)21-20(30-14)16-13(29-21)6-12-15(18(16)26)10(24)5-11(28-12)8-1-3-9(23)4-2-8/h1-6,14,17,19-23,25-27H,7H2/t14-,17-,19+,20?,21?/m1/s1. The van der Waals surface area contributed by atoms with E-state index in [4.69, 9.17) is 13.9 Å². The average molecular weight is 414 g/mol. The maximum absolute atomic E-state index is 12.8. The Kier molecular flexibility index (Phi) is 4.23. The number of hydrogen-bond acceptors (Lipinski definition) is 9. The number of aromatic hydroxyl groups is 2. The van der Waals surface area contributed by atoms with Crippen LogP contribution in [0.15, 0.2) is 45.6 Å². The number of phenolic OH excluding ortho intramolecular Hbond substituents is 2. The zero-order valence-corrected chi connectivity index (χ0v) is 15.4. The molecule has 0 bridgehead atoms. The van der Waals surface area contributed by atoms with E-state index >= 15 is 0 Å². The third kappa shape index (κ3) is 2.67. The highest BCUT2D eigenvalue weighted by molar-refractivity contribution is 5.88. The van der Waals surface area contributed by atoms with E-state index in [0.29, 0.717) is 5.56 Å². The zero-order valence-electron chi connectivity index (χ0n) is 15.4. The fourth-order valence-electron chi connectivity index (χ4n) is 4.04. The van der Waals surface area contributed by atoms with Crippen LogP contribution in [0.3, 0.4) is 0 Å². The minimum absolute atomic E-state index is 0.0641. The minimum atomic E-state index is -1.37. The largest absolute Gasteiger partial charge is 0.508 e. The maximum Gasteiger partial charge on any atom is 0.197 e. The van der Waals surface area contributed by atoms with Crippen molar-refractivity contribution in [2.45, 2.75) is 30.5 Å². The van der Waals surface area contributed by atoms with E-state index in [-0.39, 0.29) is 33.8 Å². The van der Waals surface area contributed by atoms with Crippen LogP contribution in [-0.2, 0) is 4.74 Å². The number of hydrogen-bond donors (Lipinski definition) is 5. The van der Waals surface area contributed by atoms with Crippen LogP contribution in [0.5, 0.6) is 17.2 Å². The third-order valence-electron chi connectivity index (χ3n) is 5.56. The zero-order chi connectivity index (χ0) is 21.2. The molecule has 9 heteroatoms. The molecule has 2 aliphatic rings. The van der Waals surface area contributed by atoms with Crippen molar-refractivity contribution in [3.05, 3.63) is 52.2 Å². The van der Waals surface area contributed by atoms with Gasteiger partial charge in [-0.2, -0.15) is 0 Å². The molecular weight excluding hydrogens is 396 g/mol. The van der Waals surface area contributed by atoms with Gasteiger partial charge in [0.15, 0.2) is 11.5 Å². The fraction of sp³-hybridized carbons (Fsp3) is 0.286. The Morgan fingerprint density at radius 2 is 1.73 bits per heavy atom. The first-order chi connectivity index (χ1) is 14.4. The van der Waals surface area contributed by atoms with Crippen LogP contribution in [0.1, 0.15) is 11.7 Å².